The number of hydrogen-bond donors (Lipinski definition) is 0. The monoisotopic (exact) mass is 272 g/mol. The van der Waals surface area contributed by atoms with Crippen molar-refractivity contribution < 1.29 is 4.42 Å². The maximum Gasteiger partial charge on any atom is 0.136 e. The maximum atomic E-state index is 5.98. The molecule has 1 heteroatoms. The van der Waals surface area contributed by atoms with Crippen molar-refractivity contribution in [3.8, 4) is 0 Å². The molecule has 2 aromatic carbocycles. The molecule has 1 aromatic heterocycles. The van der Waals surface area contributed by atoms with Gasteiger partial charge in [-0.1, -0.05) is 67.6 Å². The van der Waals surface area contributed by atoms with E-state index >= 15 is 0 Å². The van der Waals surface area contributed by atoms with Crippen molar-refractivity contribution in [2.75, 3.05) is 0 Å². The summed E-state index contributed by atoms with van der Waals surface area (Å²) < 4.78 is 5.98. The summed E-state index contributed by atoms with van der Waals surface area (Å²) in [5.74, 6) is 0.434. The molecule has 1 nitrogen and oxygen atoms in total. The van der Waals surface area contributed by atoms with Crippen molar-refractivity contribution in [3.05, 3.63) is 78.4 Å². The normalized spacial score (nSPS) is 18.1. The van der Waals surface area contributed by atoms with Gasteiger partial charge in [-0.15, -0.1) is 0 Å². The van der Waals surface area contributed by atoms with Crippen LogP contribution in [0.5, 0.6) is 0 Å². The van der Waals surface area contributed by atoms with Gasteiger partial charge >= 0.3 is 0 Å². The number of allylic oxidation sites excluding steroid dienone is 6. The van der Waals surface area contributed by atoms with E-state index in [1.54, 1.807) is 0 Å². The fourth-order valence-corrected chi connectivity index (χ4v) is 2.99. The fraction of sp³-hybridized carbons (Fsp3) is 0.100. The van der Waals surface area contributed by atoms with Crippen molar-refractivity contribution in [1.29, 1.82) is 0 Å². The molecular weight excluding hydrogens is 256 g/mol. The number of benzene rings is 2. The van der Waals surface area contributed by atoms with E-state index < -0.39 is 0 Å². The molecule has 21 heavy (non-hydrogen) atoms. The minimum atomic E-state index is 0.434. The van der Waals surface area contributed by atoms with Crippen LogP contribution in [0.15, 0.2) is 77.3 Å². The zero-order chi connectivity index (χ0) is 14.2. The van der Waals surface area contributed by atoms with E-state index in [0.717, 1.165) is 11.2 Å². The summed E-state index contributed by atoms with van der Waals surface area (Å²) in [6.07, 6.45) is 10.9. The van der Waals surface area contributed by atoms with E-state index in [2.05, 4.69) is 61.6 Å². The first-order valence-electron chi connectivity index (χ1n) is 7.30. The lowest BCUT2D eigenvalue weighted by Gasteiger charge is -2.06. The highest BCUT2D eigenvalue weighted by atomic mass is 16.3. The highest BCUT2D eigenvalue weighted by Gasteiger charge is 2.13. The number of rotatable bonds is 1. The van der Waals surface area contributed by atoms with Crippen molar-refractivity contribution in [2.24, 2.45) is 5.92 Å². The quantitative estimate of drug-likeness (QED) is 0.551. The predicted octanol–water partition coefficient (Wildman–Crippen LogP) is 5.73. The number of fused-ring (bicyclic) bond motifs is 3. The van der Waals surface area contributed by atoms with Crippen LogP contribution in [0.2, 0.25) is 0 Å². The lowest BCUT2D eigenvalue weighted by atomic mass is 9.97. The molecule has 1 aliphatic carbocycles. The molecule has 0 fully saturated rings. The Balaban J connectivity index is 2.05. The van der Waals surface area contributed by atoms with Crippen LogP contribution in [0.1, 0.15) is 12.5 Å². The second-order valence-corrected chi connectivity index (χ2v) is 5.50. The first-order chi connectivity index (χ1) is 10.3. The SMILES string of the molecule is CC1C=CC=CC(c2cccc3oc4ccccc4c23)=C1. The molecule has 102 valence electrons. The van der Waals surface area contributed by atoms with Gasteiger partial charge in [0.2, 0.25) is 0 Å². The van der Waals surface area contributed by atoms with Gasteiger partial charge in [-0.25, -0.2) is 0 Å². The molecule has 0 bridgehead atoms. The third kappa shape index (κ3) is 2.02. The van der Waals surface area contributed by atoms with Crippen LogP contribution >= 0.6 is 0 Å². The molecule has 4 rings (SSSR count). The number of hydrogen-bond acceptors (Lipinski definition) is 1. The molecular formula is C20H16O. The molecule has 0 amide bonds. The summed E-state index contributed by atoms with van der Waals surface area (Å²) >= 11 is 0. The van der Waals surface area contributed by atoms with Crippen molar-refractivity contribution in [1.82, 2.24) is 0 Å². The van der Waals surface area contributed by atoms with Crippen LogP contribution in [0.4, 0.5) is 0 Å². The van der Waals surface area contributed by atoms with Gasteiger partial charge in [0, 0.05) is 10.8 Å². The molecule has 0 aliphatic heterocycles. The third-order valence-corrected chi connectivity index (χ3v) is 3.96. The molecule has 1 aliphatic rings. The molecule has 1 unspecified atom stereocenters. The Morgan fingerprint density at radius 2 is 1.76 bits per heavy atom. The van der Waals surface area contributed by atoms with E-state index in [0.29, 0.717) is 5.92 Å². The van der Waals surface area contributed by atoms with Gasteiger partial charge in [0.15, 0.2) is 0 Å². The zero-order valence-corrected chi connectivity index (χ0v) is 11.9. The Labute approximate surface area is 123 Å². The molecule has 1 heterocycles. The van der Waals surface area contributed by atoms with Gasteiger partial charge in [-0.3, -0.25) is 0 Å². The van der Waals surface area contributed by atoms with Gasteiger partial charge in [-0.05, 0) is 29.2 Å². The first-order valence-corrected chi connectivity index (χ1v) is 7.30. The summed E-state index contributed by atoms with van der Waals surface area (Å²) in [6.45, 7) is 2.21. The minimum absolute atomic E-state index is 0.434. The third-order valence-electron chi connectivity index (χ3n) is 3.96. The van der Waals surface area contributed by atoms with Crippen molar-refractivity contribution in [2.45, 2.75) is 6.92 Å². The molecule has 3 aromatic rings. The Morgan fingerprint density at radius 1 is 0.905 bits per heavy atom. The van der Waals surface area contributed by atoms with Gasteiger partial charge < -0.3 is 4.42 Å². The van der Waals surface area contributed by atoms with E-state index in [9.17, 15) is 0 Å². The van der Waals surface area contributed by atoms with E-state index in [-0.39, 0.29) is 0 Å². The van der Waals surface area contributed by atoms with Crippen LogP contribution in [-0.2, 0) is 0 Å². The van der Waals surface area contributed by atoms with Crippen LogP contribution in [-0.4, -0.2) is 0 Å². The minimum Gasteiger partial charge on any atom is -0.456 e. The Hall–Kier alpha value is -2.54. The largest absolute Gasteiger partial charge is 0.456 e. The maximum absolute atomic E-state index is 5.98. The Bertz CT molecular complexity index is 906. The molecule has 0 saturated heterocycles. The molecule has 0 saturated carbocycles. The van der Waals surface area contributed by atoms with Gasteiger partial charge in [0.25, 0.3) is 0 Å². The smallest absolute Gasteiger partial charge is 0.136 e. The van der Waals surface area contributed by atoms with E-state index in [1.165, 1.54) is 21.9 Å². The van der Waals surface area contributed by atoms with Gasteiger partial charge in [0.1, 0.15) is 11.2 Å². The van der Waals surface area contributed by atoms with Gasteiger partial charge in [-0.2, -0.15) is 0 Å². The molecule has 0 radical (unpaired) electrons. The second kappa shape index (κ2) is 4.78. The molecule has 0 spiro atoms. The fourth-order valence-electron chi connectivity index (χ4n) is 2.99. The average molecular weight is 272 g/mol. The topological polar surface area (TPSA) is 13.1 Å². The van der Waals surface area contributed by atoms with Gasteiger partial charge in [0.05, 0.1) is 0 Å². The van der Waals surface area contributed by atoms with Crippen LogP contribution in [0.3, 0.4) is 0 Å². The van der Waals surface area contributed by atoms with E-state index in [1.807, 2.05) is 18.2 Å². The summed E-state index contributed by atoms with van der Waals surface area (Å²) in [6, 6.07) is 14.5. The zero-order valence-electron chi connectivity index (χ0n) is 11.9. The van der Waals surface area contributed by atoms with Crippen molar-refractivity contribution >= 4 is 27.5 Å². The summed E-state index contributed by atoms with van der Waals surface area (Å²) in [4.78, 5) is 0. The lowest BCUT2D eigenvalue weighted by molar-refractivity contribution is 0.669. The first kappa shape index (κ1) is 12.2. The van der Waals surface area contributed by atoms with Crippen LogP contribution < -0.4 is 0 Å². The average Bonchev–Trinajstić information content (AvgIpc) is 2.75. The number of para-hydroxylation sites is 1. The van der Waals surface area contributed by atoms with Crippen LogP contribution in [0.25, 0.3) is 27.5 Å². The highest BCUT2D eigenvalue weighted by molar-refractivity contribution is 6.11. The Kier molecular flexibility index (Phi) is 2.78. The Morgan fingerprint density at radius 3 is 2.71 bits per heavy atom. The molecule has 0 N–H and O–H groups in total. The predicted molar refractivity (Wildman–Crippen MR) is 89.1 cm³/mol. The van der Waals surface area contributed by atoms with Crippen molar-refractivity contribution in [3.63, 3.8) is 0 Å². The summed E-state index contributed by atoms with van der Waals surface area (Å²) in [7, 11) is 0. The number of furan rings is 1. The summed E-state index contributed by atoms with van der Waals surface area (Å²) in [5, 5.41) is 2.39. The standard InChI is InChI=1S/C20H16O/c1-14-7-2-3-8-15(13-14)16-10-6-12-19-20(16)17-9-4-5-11-18(17)21-19/h2-14H,1H3. The van der Waals surface area contributed by atoms with Crippen LogP contribution in [0, 0.1) is 5.92 Å². The second-order valence-electron chi connectivity index (χ2n) is 5.50. The van der Waals surface area contributed by atoms with E-state index in [4.69, 9.17) is 4.42 Å². The molecule has 1 atom stereocenters. The highest BCUT2D eigenvalue weighted by Crippen LogP contribution is 2.35. The summed E-state index contributed by atoms with van der Waals surface area (Å²) in [5.41, 5.74) is 4.39. The lowest BCUT2D eigenvalue weighted by Crippen LogP contribution is -1.87.